The Morgan fingerprint density at radius 2 is 1.41 bits per heavy atom. The van der Waals surface area contributed by atoms with Gasteiger partial charge in [0.05, 0.1) is 11.4 Å². The van der Waals surface area contributed by atoms with Crippen molar-refractivity contribution >= 4 is 17.3 Å². The fourth-order valence-electron chi connectivity index (χ4n) is 3.26. The van der Waals surface area contributed by atoms with E-state index >= 15 is 0 Å². The summed E-state index contributed by atoms with van der Waals surface area (Å²) in [6.45, 7) is 0. The van der Waals surface area contributed by atoms with E-state index in [9.17, 15) is 5.11 Å². The molecule has 0 atom stereocenters. The summed E-state index contributed by atoms with van der Waals surface area (Å²) in [6, 6.07) is 27.5. The Morgan fingerprint density at radius 1 is 0.724 bits per heavy atom. The first-order valence-corrected chi connectivity index (χ1v) is 9.73. The van der Waals surface area contributed by atoms with Crippen molar-refractivity contribution < 1.29 is 5.11 Å². The summed E-state index contributed by atoms with van der Waals surface area (Å²) in [5, 5.41) is 11.0. The molecule has 0 radical (unpaired) electrons. The number of phenolic OH excluding ortho intramolecular Hbond substituents is 1. The number of nitrogens with zero attached hydrogens (tertiary/aromatic N) is 2. The number of hydrogen-bond acceptors (Lipinski definition) is 3. The van der Waals surface area contributed by atoms with Gasteiger partial charge in [-0.2, -0.15) is 0 Å². The van der Waals surface area contributed by atoms with Crippen molar-refractivity contribution in [1.29, 1.82) is 0 Å². The number of anilines is 1. The second-order valence-corrected chi connectivity index (χ2v) is 7.53. The maximum Gasteiger partial charge on any atom is 0.125 e. The van der Waals surface area contributed by atoms with E-state index in [2.05, 4.69) is 35.2 Å². The molecule has 0 spiro atoms. The van der Waals surface area contributed by atoms with E-state index in [-0.39, 0.29) is 5.75 Å². The first kappa shape index (κ1) is 19.0. The van der Waals surface area contributed by atoms with Gasteiger partial charge < -0.3 is 10.0 Å². The molecule has 4 heteroatoms. The van der Waals surface area contributed by atoms with Crippen LogP contribution in [0.15, 0.2) is 84.9 Å². The van der Waals surface area contributed by atoms with Crippen LogP contribution >= 0.6 is 11.6 Å². The van der Waals surface area contributed by atoms with E-state index in [1.54, 1.807) is 18.2 Å². The summed E-state index contributed by atoms with van der Waals surface area (Å²) in [5.74, 6) is 0.154. The molecule has 4 rings (SSSR count). The van der Waals surface area contributed by atoms with Crippen LogP contribution in [-0.4, -0.2) is 24.2 Å². The highest BCUT2D eigenvalue weighted by atomic mass is 35.5. The van der Waals surface area contributed by atoms with Crippen LogP contribution < -0.4 is 4.90 Å². The molecule has 0 bridgehead atoms. The number of phenols is 1. The lowest BCUT2D eigenvalue weighted by Gasteiger charge is -2.14. The molecule has 0 saturated carbocycles. The fourth-order valence-corrected chi connectivity index (χ4v) is 3.43. The molecule has 0 saturated heterocycles. The zero-order chi connectivity index (χ0) is 20.4. The van der Waals surface area contributed by atoms with Crippen LogP contribution in [-0.2, 0) is 0 Å². The van der Waals surface area contributed by atoms with Gasteiger partial charge in [0.25, 0.3) is 0 Å². The normalized spacial score (nSPS) is 10.7. The van der Waals surface area contributed by atoms with Gasteiger partial charge in [0, 0.05) is 35.9 Å². The Kier molecular flexibility index (Phi) is 5.24. The minimum atomic E-state index is 0.154. The average molecular weight is 401 g/mol. The van der Waals surface area contributed by atoms with Gasteiger partial charge in [0.1, 0.15) is 5.75 Å². The van der Waals surface area contributed by atoms with Gasteiger partial charge in [-0.25, -0.2) is 4.98 Å². The van der Waals surface area contributed by atoms with Gasteiger partial charge in [-0.1, -0.05) is 54.1 Å². The molecule has 0 fully saturated rings. The van der Waals surface area contributed by atoms with Crippen molar-refractivity contribution in [3.63, 3.8) is 0 Å². The van der Waals surface area contributed by atoms with Crippen LogP contribution in [0.2, 0.25) is 5.02 Å². The Morgan fingerprint density at radius 3 is 2.10 bits per heavy atom. The van der Waals surface area contributed by atoms with Crippen LogP contribution in [0.25, 0.3) is 33.6 Å². The highest BCUT2D eigenvalue weighted by Crippen LogP contribution is 2.35. The minimum absolute atomic E-state index is 0.154. The van der Waals surface area contributed by atoms with Gasteiger partial charge in [0.15, 0.2) is 0 Å². The smallest absolute Gasteiger partial charge is 0.125 e. The molecular weight excluding hydrogens is 380 g/mol. The van der Waals surface area contributed by atoms with Crippen LogP contribution in [0.1, 0.15) is 0 Å². The Hall–Kier alpha value is -3.30. The van der Waals surface area contributed by atoms with Gasteiger partial charge in [-0.15, -0.1) is 0 Å². The van der Waals surface area contributed by atoms with E-state index < -0.39 is 0 Å². The molecular formula is C25H21ClN2O. The van der Waals surface area contributed by atoms with Crippen LogP contribution in [0.4, 0.5) is 5.69 Å². The largest absolute Gasteiger partial charge is 0.507 e. The second-order valence-electron chi connectivity index (χ2n) is 7.10. The molecule has 3 nitrogen and oxygen atoms in total. The second kappa shape index (κ2) is 7.98. The number of pyridine rings is 1. The van der Waals surface area contributed by atoms with Gasteiger partial charge in [0.2, 0.25) is 0 Å². The zero-order valence-electron chi connectivity index (χ0n) is 16.3. The van der Waals surface area contributed by atoms with E-state index in [0.29, 0.717) is 16.3 Å². The lowest BCUT2D eigenvalue weighted by atomic mass is 9.99. The first-order valence-electron chi connectivity index (χ1n) is 9.35. The molecule has 0 aliphatic carbocycles. The summed E-state index contributed by atoms with van der Waals surface area (Å²) >= 11 is 6.18. The highest BCUT2D eigenvalue weighted by Gasteiger charge is 2.12. The topological polar surface area (TPSA) is 36.4 Å². The summed E-state index contributed by atoms with van der Waals surface area (Å²) in [5.41, 5.74) is 6.39. The lowest BCUT2D eigenvalue weighted by molar-refractivity contribution is 0.477. The Bertz CT molecular complexity index is 1140. The third-order valence-electron chi connectivity index (χ3n) is 4.85. The minimum Gasteiger partial charge on any atom is -0.507 e. The molecule has 1 aromatic heterocycles. The molecule has 4 aromatic rings. The Balaban J connectivity index is 1.90. The van der Waals surface area contributed by atoms with Gasteiger partial charge in [-0.3, -0.25) is 0 Å². The molecule has 144 valence electrons. The molecule has 1 heterocycles. The van der Waals surface area contributed by atoms with Crippen molar-refractivity contribution in [1.82, 2.24) is 4.98 Å². The monoisotopic (exact) mass is 400 g/mol. The molecule has 0 aliphatic heterocycles. The van der Waals surface area contributed by atoms with Crippen molar-refractivity contribution in [3.8, 4) is 39.4 Å². The SMILES string of the molecule is CN(C)c1ccc(-c2cc(-c3ccccc3)nc(-c3cc(Cl)ccc3O)c2)cc1. The number of benzene rings is 3. The maximum atomic E-state index is 10.4. The molecule has 1 N–H and O–H groups in total. The number of aromatic hydroxyl groups is 1. The van der Waals surface area contributed by atoms with Crippen molar-refractivity contribution in [3.05, 3.63) is 90.0 Å². The standard InChI is InChI=1S/C25H21ClN2O/c1-28(2)21-11-8-17(9-12-21)19-14-23(18-6-4-3-5-7-18)27-24(15-19)22-16-20(26)10-13-25(22)29/h3-16,29H,1-2H3. The van der Waals surface area contributed by atoms with Crippen molar-refractivity contribution in [2.24, 2.45) is 0 Å². The molecule has 3 aromatic carbocycles. The fraction of sp³-hybridized carbons (Fsp3) is 0.0800. The lowest BCUT2D eigenvalue weighted by Crippen LogP contribution is -2.07. The summed E-state index contributed by atoms with van der Waals surface area (Å²) < 4.78 is 0. The van der Waals surface area contributed by atoms with Crippen molar-refractivity contribution in [2.45, 2.75) is 0 Å². The van der Waals surface area contributed by atoms with Gasteiger partial charge in [-0.05, 0) is 53.6 Å². The zero-order valence-corrected chi connectivity index (χ0v) is 17.1. The van der Waals surface area contributed by atoms with Gasteiger partial charge >= 0.3 is 0 Å². The molecule has 0 unspecified atom stereocenters. The Labute approximate surface area is 175 Å². The first-order chi connectivity index (χ1) is 14.0. The number of rotatable bonds is 4. The number of aromatic nitrogens is 1. The van der Waals surface area contributed by atoms with Crippen molar-refractivity contribution in [2.75, 3.05) is 19.0 Å². The predicted octanol–water partition coefficient (Wildman–Crippen LogP) is 6.51. The summed E-state index contributed by atoms with van der Waals surface area (Å²) in [6.07, 6.45) is 0. The average Bonchev–Trinajstić information content (AvgIpc) is 2.76. The predicted molar refractivity (Wildman–Crippen MR) is 122 cm³/mol. The molecule has 29 heavy (non-hydrogen) atoms. The van der Waals surface area contributed by atoms with Crippen LogP contribution in [0.5, 0.6) is 5.75 Å². The highest BCUT2D eigenvalue weighted by molar-refractivity contribution is 6.31. The molecule has 0 amide bonds. The quantitative estimate of drug-likeness (QED) is 0.424. The maximum absolute atomic E-state index is 10.4. The van der Waals surface area contributed by atoms with Crippen LogP contribution in [0, 0.1) is 0 Å². The van der Waals surface area contributed by atoms with E-state index in [1.807, 2.05) is 50.5 Å². The van der Waals surface area contributed by atoms with E-state index in [0.717, 1.165) is 28.1 Å². The van der Waals surface area contributed by atoms with E-state index in [4.69, 9.17) is 16.6 Å². The number of halogens is 1. The van der Waals surface area contributed by atoms with Crippen LogP contribution in [0.3, 0.4) is 0 Å². The third kappa shape index (κ3) is 4.10. The molecule has 0 aliphatic rings. The summed E-state index contributed by atoms with van der Waals surface area (Å²) in [4.78, 5) is 6.89. The number of hydrogen-bond donors (Lipinski definition) is 1. The van der Waals surface area contributed by atoms with E-state index in [1.165, 1.54) is 0 Å². The summed E-state index contributed by atoms with van der Waals surface area (Å²) in [7, 11) is 4.05. The third-order valence-corrected chi connectivity index (χ3v) is 5.08.